The third-order valence-corrected chi connectivity index (χ3v) is 3.41. The summed E-state index contributed by atoms with van der Waals surface area (Å²) >= 11 is 0. The fraction of sp³-hybridized carbons (Fsp3) is 0.923. The highest BCUT2D eigenvalue weighted by molar-refractivity contribution is 5.74. The van der Waals surface area contributed by atoms with Gasteiger partial charge in [-0.05, 0) is 25.7 Å². The van der Waals surface area contributed by atoms with Crippen molar-refractivity contribution in [2.24, 2.45) is 5.92 Å². The number of amides is 2. The molecule has 1 aliphatic heterocycles. The Labute approximate surface area is 109 Å². The van der Waals surface area contributed by atoms with Crippen LogP contribution in [0.1, 0.15) is 33.1 Å². The SMILES string of the molecule is COCCC(C)(O)CNC(=O)N1CCCC(C)C1. The molecule has 1 rings (SSSR count). The van der Waals surface area contributed by atoms with Crippen LogP contribution in [0.15, 0.2) is 0 Å². The van der Waals surface area contributed by atoms with Gasteiger partial charge in [0.2, 0.25) is 0 Å². The number of piperidine rings is 1. The number of methoxy groups -OCH3 is 1. The van der Waals surface area contributed by atoms with Gasteiger partial charge in [0.25, 0.3) is 0 Å². The number of nitrogens with one attached hydrogen (secondary N) is 1. The molecule has 106 valence electrons. The van der Waals surface area contributed by atoms with Crippen molar-refractivity contribution in [3.05, 3.63) is 0 Å². The van der Waals surface area contributed by atoms with Crippen molar-refractivity contribution in [2.45, 2.75) is 38.7 Å². The van der Waals surface area contributed by atoms with Crippen LogP contribution in [0.4, 0.5) is 4.79 Å². The molecule has 0 aromatic heterocycles. The molecule has 2 amide bonds. The summed E-state index contributed by atoms with van der Waals surface area (Å²) in [6, 6.07) is -0.0701. The number of hydrogen-bond donors (Lipinski definition) is 2. The van der Waals surface area contributed by atoms with Gasteiger partial charge in [0.05, 0.1) is 5.60 Å². The van der Waals surface area contributed by atoms with E-state index in [-0.39, 0.29) is 12.6 Å². The molecule has 1 saturated heterocycles. The van der Waals surface area contributed by atoms with Crippen LogP contribution < -0.4 is 5.32 Å². The summed E-state index contributed by atoms with van der Waals surface area (Å²) in [7, 11) is 1.60. The van der Waals surface area contributed by atoms with Gasteiger partial charge in [0.15, 0.2) is 0 Å². The van der Waals surface area contributed by atoms with Crippen molar-refractivity contribution >= 4 is 6.03 Å². The Hall–Kier alpha value is -0.810. The van der Waals surface area contributed by atoms with Crippen LogP contribution >= 0.6 is 0 Å². The molecule has 0 saturated carbocycles. The van der Waals surface area contributed by atoms with Crippen molar-refractivity contribution in [3.63, 3.8) is 0 Å². The van der Waals surface area contributed by atoms with E-state index < -0.39 is 5.60 Å². The molecule has 1 aliphatic rings. The summed E-state index contributed by atoms with van der Waals surface area (Å²) < 4.78 is 4.93. The first-order valence-electron chi connectivity index (χ1n) is 6.69. The summed E-state index contributed by atoms with van der Waals surface area (Å²) in [4.78, 5) is 13.8. The molecule has 0 radical (unpaired) electrons. The van der Waals surface area contributed by atoms with Gasteiger partial charge >= 0.3 is 6.03 Å². The van der Waals surface area contributed by atoms with E-state index in [4.69, 9.17) is 4.74 Å². The van der Waals surface area contributed by atoms with E-state index >= 15 is 0 Å². The Kier molecular flexibility index (Phi) is 5.88. The fourth-order valence-electron chi connectivity index (χ4n) is 2.16. The second-order valence-electron chi connectivity index (χ2n) is 5.59. The number of ether oxygens (including phenoxy) is 1. The number of carbonyl (C=O) groups excluding carboxylic acids is 1. The Morgan fingerprint density at radius 3 is 2.94 bits per heavy atom. The highest BCUT2D eigenvalue weighted by Gasteiger charge is 2.24. The summed E-state index contributed by atoms with van der Waals surface area (Å²) in [5.41, 5.74) is -0.910. The molecule has 5 heteroatoms. The first-order chi connectivity index (χ1) is 8.44. The van der Waals surface area contributed by atoms with E-state index in [0.717, 1.165) is 19.5 Å². The minimum absolute atomic E-state index is 0.0701. The van der Waals surface area contributed by atoms with Crippen molar-refractivity contribution in [1.82, 2.24) is 10.2 Å². The zero-order valence-electron chi connectivity index (χ0n) is 11.7. The average Bonchev–Trinajstić information content (AvgIpc) is 2.34. The van der Waals surface area contributed by atoms with Gasteiger partial charge in [-0.15, -0.1) is 0 Å². The quantitative estimate of drug-likeness (QED) is 0.779. The zero-order chi connectivity index (χ0) is 13.6. The van der Waals surface area contributed by atoms with Crippen LogP contribution in [-0.4, -0.2) is 55.0 Å². The van der Waals surface area contributed by atoms with Crippen LogP contribution in [0, 0.1) is 5.92 Å². The minimum atomic E-state index is -0.910. The fourth-order valence-corrected chi connectivity index (χ4v) is 2.16. The van der Waals surface area contributed by atoms with Crippen LogP contribution in [-0.2, 0) is 4.74 Å². The summed E-state index contributed by atoms with van der Waals surface area (Å²) in [6.45, 7) is 6.26. The molecule has 5 nitrogen and oxygen atoms in total. The van der Waals surface area contributed by atoms with Crippen LogP contribution in [0.2, 0.25) is 0 Å². The van der Waals surface area contributed by atoms with E-state index in [1.807, 2.05) is 4.90 Å². The number of rotatable bonds is 5. The highest BCUT2D eigenvalue weighted by Crippen LogP contribution is 2.15. The second kappa shape index (κ2) is 6.95. The van der Waals surface area contributed by atoms with Gasteiger partial charge in [-0.1, -0.05) is 6.92 Å². The number of likely N-dealkylation sites (tertiary alicyclic amines) is 1. The number of nitrogens with zero attached hydrogens (tertiary/aromatic N) is 1. The van der Waals surface area contributed by atoms with Crippen molar-refractivity contribution < 1.29 is 14.6 Å². The molecule has 1 heterocycles. The predicted molar refractivity (Wildman–Crippen MR) is 70.5 cm³/mol. The smallest absolute Gasteiger partial charge is 0.317 e. The van der Waals surface area contributed by atoms with Gasteiger partial charge in [0, 0.05) is 39.8 Å². The van der Waals surface area contributed by atoms with Gasteiger partial charge in [0.1, 0.15) is 0 Å². The van der Waals surface area contributed by atoms with Crippen LogP contribution in [0.25, 0.3) is 0 Å². The Bertz CT molecular complexity index is 269. The molecular formula is C13H26N2O3. The van der Waals surface area contributed by atoms with Crippen LogP contribution in [0.5, 0.6) is 0 Å². The topological polar surface area (TPSA) is 61.8 Å². The molecule has 2 N–H and O–H groups in total. The number of aliphatic hydroxyl groups is 1. The Balaban J connectivity index is 2.31. The maximum atomic E-state index is 11.9. The summed E-state index contributed by atoms with van der Waals surface area (Å²) in [5.74, 6) is 0.568. The van der Waals surface area contributed by atoms with Gasteiger partial charge in [-0.2, -0.15) is 0 Å². The van der Waals surface area contributed by atoms with E-state index in [0.29, 0.717) is 18.9 Å². The standard InChI is InChI=1S/C13H26N2O3/c1-11-5-4-7-15(9-11)12(16)14-10-13(2,17)6-8-18-3/h11,17H,4-10H2,1-3H3,(H,14,16). The van der Waals surface area contributed by atoms with Crippen molar-refractivity contribution in [3.8, 4) is 0 Å². The maximum absolute atomic E-state index is 11.9. The summed E-state index contributed by atoms with van der Waals surface area (Å²) in [5, 5.41) is 12.8. The first kappa shape index (κ1) is 15.2. The van der Waals surface area contributed by atoms with Crippen molar-refractivity contribution in [2.75, 3.05) is 33.4 Å². The molecule has 18 heavy (non-hydrogen) atoms. The van der Waals surface area contributed by atoms with Gasteiger partial charge in [-0.25, -0.2) is 4.79 Å². The van der Waals surface area contributed by atoms with E-state index in [1.54, 1.807) is 14.0 Å². The molecule has 0 bridgehead atoms. The molecule has 0 aromatic carbocycles. The summed E-state index contributed by atoms with van der Waals surface area (Å²) in [6.07, 6.45) is 2.77. The Morgan fingerprint density at radius 1 is 1.61 bits per heavy atom. The zero-order valence-corrected chi connectivity index (χ0v) is 11.7. The maximum Gasteiger partial charge on any atom is 0.317 e. The first-order valence-corrected chi connectivity index (χ1v) is 6.69. The minimum Gasteiger partial charge on any atom is -0.388 e. The van der Waals surface area contributed by atoms with E-state index in [1.165, 1.54) is 6.42 Å². The van der Waals surface area contributed by atoms with E-state index in [2.05, 4.69) is 12.2 Å². The molecule has 0 aliphatic carbocycles. The molecule has 0 spiro atoms. The lowest BCUT2D eigenvalue weighted by Gasteiger charge is -2.32. The van der Waals surface area contributed by atoms with Gasteiger partial charge in [-0.3, -0.25) is 0 Å². The van der Waals surface area contributed by atoms with Gasteiger partial charge < -0.3 is 20.1 Å². The predicted octanol–water partition coefficient (Wildman–Crippen LogP) is 1.22. The molecule has 0 aromatic rings. The lowest BCUT2D eigenvalue weighted by Crippen LogP contribution is -2.49. The average molecular weight is 258 g/mol. The highest BCUT2D eigenvalue weighted by atomic mass is 16.5. The van der Waals surface area contributed by atoms with Crippen molar-refractivity contribution in [1.29, 1.82) is 0 Å². The van der Waals surface area contributed by atoms with E-state index in [9.17, 15) is 9.90 Å². The molecular weight excluding hydrogens is 232 g/mol. The number of urea groups is 1. The number of hydrogen-bond acceptors (Lipinski definition) is 3. The monoisotopic (exact) mass is 258 g/mol. The lowest BCUT2D eigenvalue weighted by atomic mass is 10.0. The number of carbonyl (C=O) groups is 1. The molecule has 1 fully saturated rings. The van der Waals surface area contributed by atoms with Crippen LogP contribution in [0.3, 0.4) is 0 Å². The second-order valence-corrected chi connectivity index (χ2v) is 5.59. The third-order valence-electron chi connectivity index (χ3n) is 3.41. The third kappa shape index (κ3) is 5.23. The molecule has 2 unspecified atom stereocenters. The molecule has 2 atom stereocenters. The lowest BCUT2D eigenvalue weighted by molar-refractivity contribution is 0.0255. The normalized spacial score (nSPS) is 23.6. The largest absolute Gasteiger partial charge is 0.388 e. The Morgan fingerprint density at radius 2 is 2.33 bits per heavy atom.